The van der Waals surface area contributed by atoms with Crippen LogP contribution in [0.15, 0.2) is 0 Å². The van der Waals surface area contributed by atoms with Gasteiger partial charge in [-0.15, -0.1) is 0 Å². The molecule has 0 aliphatic heterocycles. The van der Waals surface area contributed by atoms with Gasteiger partial charge in [-0.2, -0.15) is 0 Å². The van der Waals surface area contributed by atoms with Crippen LogP contribution in [0.1, 0.15) is 52.9 Å². The van der Waals surface area contributed by atoms with Gasteiger partial charge in [0.25, 0.3) is 0 Å². The molecule has 0 rings (SSSR count). The van der Waals surface area contributed by atoms with Crippen LogP contribution in [0.25, 0.3) is 0 Å². The van der Waals surface area contributed by atoms with Gasteiger partial charge in [-0.05, 0) is 32.2 Å². The summed E-state index contributed by atoms with van der Waals surface area (Å²) >= 11 is 0. The molecule has 0 aliphatic carbocycles. The van der Waals surface area contributed by atoms with Gasteiger partial charge in [0, 0.05) is 19.8 Å². The number of methoxy groups -OCH3 is 1. The molecule has 0 spiro atoms. The Kier molecular flexibility index (Phi) is 10.4. The normalized spacial score (nSPS) is 15.2. The minimum Gasteiger partial charge on any atom is -0.385 e. The molecule has 0 saturated heterocycles. The fourth-order valence-corrected chi connectivity index (χ4v) is 1.71. The molecule has 0 aromatic carbocycles. The van der Waals surface area contributed by atoms with Gasteiger partial charge in [0.05, 0.1) is 0 Å². The lowest BCUT2D eigenvalue weighted by Crippen LogP contribution is -2.31. The summed E-state index contributed by atoms with van der Waals surface area (Å²) in [5.74, 6) is 0.856. The molecule has 0 radical (unpaired) electrons. The molecular formula is C13H29NO. The van der Waals surface area contributed by atoms with Gasteiger partial charge in [0.1, 0.15) is 0 Å². The van der Waals surface area contributed by atoms with E-state index in [4.69, 9.17) is 4.74 Å². The molecule has 0 fully saturated rings. The summed E-state index contributed by atoms with van der Waals surface area (Å²) in [7, 11) is 1.77. The van der Waals surface area contributed by atoms with Crippen molar-refractivity contribution in [2.24, 2.45) is 5.92 Å². The summed E-state index contributed by atoms with van der Waals surface area (Å²) in [6.45, 7) is 8.83. The average Bonchev–Trinajstić information content (AvgIpc) is 2.26. The predicted molar refractivity (Wildman–Crippen MR) is 67.3 cm³/mol. The molecule has 0 aliphatic rings. The number of rotatable bonds is 10. The Bertz CT molecular complexity index is 128. The maximum atomic E-state index is 5.07. The van der Waals surface area contributed by atoms with Crippen molar-refractivity contribution in [3.8, 4) is 0 Å². The summed E-state index contributed by atoms with van der Waals surface area (Å²) in [5, 5.41) is 3.60. The van der Waals surface area contributed by atoms with Gasteiger partial charge in [-0.25, -0.2) is 0 Å². The van der Waals surface area contributed by atoms with E-state index in [9.17, 15) is 0 Å². The van der Waals surface area contributed by atoms with Crippen molar-refractivity contribution in [1.82, 2.24) is 5.32 Å². The Balaban J connectivity index is 3.50. The van der Waals surface area contributed by atoms with E-state index >= 15 is 0 Å². The molecular weight excluding hydrogens is 186 g/mol. The van der Waals surface area contributed by atoms with Gasteiger partial charge >= 0.3 is 0 Å². The predicted octanol–water partition coefficient (Wildman–Crippen LogP) is 3.22. The highest BCUT2D eigenvalue weighted by Gasteiger charge is 2.07. The Hall–Kier alpha value is -0.0800. The molecule has 2 unspecified atom stereocenters. The largest absolute Gasteiger partial charge is 0.385 e. The van der Waals surface area contributed by atoms with E-state index in [-0.39, 0.29) is 0 Å². The van der Waals surface area contributed by atoms with Crippen molar-refractivity contribution >= 4 is 0 Å². The van der Waals surface area contributed by atoms with Crippen LogP contribution >= 0.6 is 0 Å². The van der Waals surface area contributed by atoms with Gasteiger partial charge in [0.15, 0.2) is 0 Å². The number of hydrogen-bond acceptors (Lipinski definition) is 2. The van der Waals surface area contributed by atoms with Gasteiger partial charge in [0.2, 0.25) is 0 Å². The molecule has 92 valence electrons. The first-order valence-electron chi connectivity index (χ1n) is 6.46. The van der Waals surface area contributed by atoms with Crippen LogP contribution in [0.2, 0.25) is 0 Å². The minimum absolute atomic E-state index is 0.584. The first-order chi connectivity index (χ1) is 7.24. The highest BCUT2D eigenvalue weighted by atomic mass is 16.5. The van der Waals surface area contributed by atoms with E-state index in [1.165, 1.54) is 32.2 Å². The van der Waals surface area contributed by atoms with Crippen LogP contribution < -0.4 is 5.32 Å². The third-order valence-electron chi connectivity index (χ3n) is 3.05. The third kappa shape index (κ3) is 8.88. The Labute approximate surface area is 95.8 Å². The molecule has 2 nitrogen and oxygen atoms in total. The second kappa shape index (κ2) is 10.4. The van der Waals surface area contributed by atoms with Gasteiger partial charge < -0.3 is 10.1 Å². The van der Waals surface area contributed by atoms with Crippen LogP contribution in [0, 0.1) is 5.92 Å². The summed E-state index contributed by atoms with van der Waals surface area (Å²) < 4.78 is 5.07. The fourth-order valence-electron chi connectivity index (χ4n) is 1.71. The highest BCUT2D eigenvalue weighted by Crippen LogP contribution is 2.11. The maximum absolute atomic E-state index is 5.07. The zero-order valence-corrected chi connectivity index (χ0v) is 11.0. The summed E-state index contributed by atoms with van der Waals surface area (Å²) in [6.07, 6.45) is 6.46. The topological polar surface area (TPSA) is 21.3 Å². The standard InChI is InChI=1S/C13H29NO/c1-5-7-8-13(6-2)11-14-12(3)9-10-15-4/h12-14H,5-11H2,1-4H3. The Morgan fingerprint density at radius 1 is 1.20 bits per heavy atom. The van der Waals surface area contributed by atoms with E-state index in [0.29, 0.717) is 6.04 Å². The number of unbranched alkanes of at least 4 members (excludes halogenated alkanes) is 1. The molecule has 0 aromatic heterocycles. The first kappa shape index (κ1) is 14.9. The summed E-state index contributed by atoms with van der Waals surface area (Å²) in [4.78, 5) is 0. The van der Waals surface area contributed by atoms with Crippen LogP contribution in [0.3, 0.4) is 0 Å². The van der Waals surface area contributed by atoms with Crippen LogP contribution in [-0.2, 0) is 4.74 Å². The Morgan fingerprint density at radius 3 is 2.47 bits per heavy atom. The molecule has 15 heavy (non-hydrogen) atoms. The molecule has 0 saturated carbocycles. The fraction of sp³-hybridized carbons (Fsp3) is 1.00. The van der Waals surface area contributed by atoms with Crippen molar-refractivity contribution in [1.29, 1.82) is 0 Å². The summed E-state index contributed by atoms with van der Waals surface area (Å²) in [5.41, 5.74) is 0. The quantitative estimate of drug-likeness (QED) is 0.604. The van der Waals surface area contributed by atoms with Crippen molar-refractivity contribution in [2.75, 3.05) is 20.3 Å². The number of hydrogen-bond donors (Lipinski definition) is 1. The smallest absolute Gasteiger partial charge is 0.0476 e. The third-order valence-corrected chi connectivity index (χ3v) is 3.05. The van der Waals surface area contributed by atoms with E-state index < -0.39 is 0 Å². The summed E-state index contributed by atoms with van der Waals surface area (Å²) in [6, 6.07) is 0.584. The van der Waals surface area contributed by atoms with Crippen molar-refractivity contribution < 1.29 is 4.74 Å². The first-order valence-corrected chi connectivity index (χ1v) is 6.46. The maximum Gasteiger partial charge on any atom is 0.0476 e. The molecule has 2 heteroatoms. The zero-order valence-electron chi connectivity index (χ0n) is 11.0. The van der Waals surface area contributed by atoms with Crippen LogP contribution in [-0.4, -0.2) is 26.3 Å². The minimum atomic E-state index is 0.584. The van der Waals surface area contributed by atoms with Crippen molar-refractivity contribution in [2.45, 2.75) is 58.9 Å². The van der Waals surface area contributed by atoms with Crippen molar-refractivity contribution in [3.05, 3.63) is 0 Å². The second-order valence-electron chi connectivity index (χ2n) is 4.51. The molecule has 0 bridgehead atoms. The molecule has 2 atom stereocenters. The number of nitrogens with one attached hydrogen (secondary N) is 1. The molecule has 0 aromatic rings. The molecule has 1 N–H and O–H groups in total. The van der Waals surface area contributed by atoms with E-state index in [1.807, 2.05) is 0 Å². The van der Waals surface area contributed by atoms with E-state index in [0.717, 1.165) is 18.9 Å². The van der Waals surface area contributed by atoms with Crippen LogP contribution in [0.4, 0.5) is 0 Å². The number of ether oxygens (including phenoxy) is 1. The lowest BCUT2D eigenvalue weighted by atomic mass is 9.99. The van der Waals surface area contributed by atoms with Gasteiger partial charge in [-0.1, -0.05) is 33.1 Å². The highest BCUT2D eigenvalue weighted by molar-refractivity contribution is 4.65. The van der Waals surface area contributed by atoms with E-state index in [2.05, 4.69) is 26.1 Å². The molecule has 0 heterocycles. The second-order valence-corrected chi connectivity index (χ2v) is 4.51. The van der Waals surface area contributed by atoms with Crippen molar-refractivity contribution in [3.63, 3.8) is 0 Å². The van der Waals surface area contributed by atoms with E-state index in [1.54, 1.807) is 7.11 Å². The Morgan fingerprint density at radius 2 is 1.93 bits per heavy atom. The molecule has 0 amide bonds. The average molecular weight is 215 g/mol. The van der Waals surface area contributed by atoms with Gasteiger partial charge in [-0.3, -0.25) is 0 Å². The lowest BCUT2D eigenvalue weighted by molar-refractivity contribution is 0.183. The monoisotopic (exact) mass is 215 g/mol. The lowest BCUT2D eigenvalue weighted by Gasteiger charge is -2.19. The zero-order chi connectivity index (χ0) is 11.5. The van der Waals surface area contributed by atoms with Crippen LogP contribution in [0.5, 0.6) is 0 Å². The SMILES string of the molecule is CCCCC(CC)CNC(C)CCOC.